The number of fused-ring (bicyclic) bond motifs is 1. The van der Waals surface area contributed by atoms with Gasteiger partial charge in [0.25, 0.3) is 0 Å². The van der Waals surface area contributed by atoms with E-state index in [1.165, 1.54) is 11.3 Å². The van der Waals surface area contributed by atoms with Crippen LogP contribution < -0.4 is 11.1 Å². The van der Waals surface area contributed by atoms with Gasteiger partial charge in [0.05, 0.1) is 6.10 Å². The summed E-state index contributed by atoms with van der Waals surface area (Å²) < 4.78 is 5.68. The number of carbonyl (C=O) groups excluding carboxylic acids is 1. The Kier molecular flexibility index (Phi) is 13.0. The van der Waals surface area contributed by atoms with Gasteiger partial charge in [-0.05, 0) is 65.5 Å². The average molecular weight is 571 g/mol. The molecule has 2 atom stereocenters. The van der Waals surface area contributed by atoms with Crippen LogP contribution in [0.15, 0.2) is 47.4 Å². The fourth-order valence-electron chi connectivity index (χ4n) is 4.68. The third-order valence-electron chi connectivity index (χ3n) is 6.59. The molecule has 2 unspecified atom stereocenters. The van der Waals surface area contributed by atoms with Crippen LogP contribution in [-0.2, 0) is 9.53 Å². The van der Waals surface area contributed by atoms with E-state index in [2.05, 4.69) is 45.1 Å². The number of likely N-dealkylation sites (tertiary alicyclic amines) is 1. The fourth-order valence-corrected chi connectivity index (χ4v) is 5.50. The molecule has 4 rings (SSSR count). The van der Waals surface area contributed by atoms with Crippen LogP contribution in [0.5, 0.6) is 0 Å². The smallest absolute Gasteiger partial charge is 0.246 e. The minimum Gasteiger partial charge on any atom is -0.387 e. The number of pyridine rings is 1. The molecule has 2 aliphatic heterocycles. The molecule has 3 N–H and O–H groups in total. The van der Waals surface area contributed by atoms with Gasteiger partial charge in [0.2, 0.25) is 5.91 Å². The Morgan fingerprint density at radius 1 is 1.32 bits per heavy atom. The van der Waals surface area contributed by atoms with Crippen molar-refractivity contribution in [2.45, 2.75) is 46.1 Å². The summed E-state index contributed by atoms with van der Waals surface area (Å²) in [6, 6.07) is 3.85. The van der Waals surface area contributed by atoms with Crippen LogP contribution in [0.4, 0.5) is 5.13 Å². The highest BCUT2D eigenvalue weighted by Crippen LogP contribution is 2.26. The zero-order valence-corrected chi connectivity index (χ0v) is 25.5. The number of aliphatic imine (C=N–C) groups is 1. The number of ether oxygens (including phenoxy) is 1. The van der Waals surface area contributed by atoms with E-state index < -0.39 is 0 Å². The number of likely N-dealkylation sites (N-methyl/N-ethyl adjacent to an activating group) is 2. The molecular weight excluding hydrogens is 524 g/mol. The zero-order valence-electron chi connectivity index (χ0n) is 24.7. The molecule has 10 nitrogen and oxygen atoms in total. The highest BCUT2D eigenvalue weighted by molar-refractivity contribution is 7.21. The van der Waals surface area contributed by atoms with Crippen molar-refractivity contribution >= 4 is 38.6 Å². The Bertz CT molecular complexity index is 1120. The van der Waals surface area contributed by atoms with Gasteiger partial charge in [0, 0.05) is 63.9 Å². The number of amides is 1. The predicted molar refractivity (Wildman–Crippen MR) is 166 cm³/mol. The topological polar surface area (TPSA) is 112 Å². The van der Waals surface area contributed by atoms with Crippen molar-refractivity contribution in [3.63, 3.8) is 0 Å². The van der Waals surface area contributed by atoms with Crippen molar-refractivity contribution < 1.29 is 9.53 Å². The Labute approximate surface area is 243 Å². The number of nitrogens with two attached hydrogens (primary N) is 1. The summed E-state index contributed by atoms with van der Waals surface area (Å²) in [6.07, 6.45) is 10.8. The Hall–Kier alpha value is -2.86. The standard InChI is InChI=1S/C19H28N6OS.C10H18N2O/c1-4-25(11-13(3)26-5-2)12-14-9-16(20)23-17(10-14)24-19-22-15-7-6-8-21-18(15)27-19;1-11(2)7-5-6-10(13)12-8-3-4-9-12/h6-8,10,13-14H,4-5,9,11-12H2,1-3H3,(H2,20,23)(H,22,24);5-6H,3-4,7-9H2,1-2H3/b;6-5+. The molecule has 1 amide bonds. The second kappa shape index (κ2) is 16.4. The monoisotopic (exact) mass is 570 g/mol. The molecule has 0 aliphatic carbocycles. The first kappa shape index (κ1) is 31.7. The molecule has 1 saturated heterocycles. The minimum atomic E-state index is 0.166. The van der Waals surface area contributed by atoms with Crippen molar-refractivity contribution in [1.82, 2.24) is 24.7 Å². The summed E-state index contributed by atoms with van der Waals surface area (Å²) in [4.78, 5) is 32.1. The van der Waals surface area contributed by atoms with Crippen LogP contribution >= 0.6 is 11.3 Å². The molecule has 0 radical (unpaired) electrons. The van der Waals surface area contributed by atoms with Gasteiger partial charge in [0.1, 0.15) is 22.0 Å². The van der Waals surface area contributed by atoms with E-state index in [1.54, 1.807) is 12.3 Å². The van der Waals surface area contributed by atoms with E-state index in [-0.39, 0.29) is 12.0 Å². The maximum absolute atomic E-state index is 11.4. The maximum Gasteiger partial charge on any atom is 0.246 e. The van der Waals surface area contributed by atoms with E-state index in [0.717, 1.165) is 86.4 Å². The van der Waals surface area contributed by atoms with Crippen LogP contribution in [0.2, 0.25) is 0 Å². The second-order valence-electron chi connectivity index (χ2n) is 10.4. The van der Waals surface area contributed by atoms with Gasteiger partial charge in [-0.25, -0.2) is 15.0 Å². The summed E-state index contributed by atoms with van der Waals surface area (Å²) in [7, 11) is 3.98. The van der Waals surface area contributed by atoms with Crippen molar-refractivity contribution in [1.29, 1.82) is 0 Å². The fraction of sp³-hybridized carbons (Fsp3) is 0.586. The van der Waals surface area contributed by atoms with Gasteiger partial charge in [0.15, 0.2) is 5.13 Å². The van der Waals surface area contributed by atoms with Crippen LogP contribution in [0.3, 0.4) is 0 Å². The average Bonchev–Trinajstić information content (AvgIpc) is 3.58. The van der Waals surface area contributed by atoms with Crippen molar-refractivity contribution in [2.24, 2.45) is 16.6 Å². The lowest BCUT2D eigenvalue weighted by Gasteiger charge is -2.28. The molecule has 0 bridgehead atoms. The van der Waals surface area contributed by atoms with Crippen LogP contribution in [0.1, 0.15) is 40.0 Å². The molecule has 0 saturated carbocycles. The molecule has 2 aliphatic rings. The lowest BCUT2D eigenvalue weighted by atomic mass is 10.0. The molecule has 0 aromatic carbocycles. The number of nitrogens with zero attached hydrogens (tertiary/aromatic N) is 6. The maximum atomic E-state index is 11.4. The molecular formula is C29H46N8O2S. The quantitative estimate of drug-likeness (QED) is 0.371. The second-order valence-corrected chi connectivity index (χ2v) is 11.4. The third kappa shape index (κ3) is 10.6. The van der Waals surface area contributed by atoms with Crippen LogP contribution in [0.25, 0.3) is 10.3 Å². The number of nitrogens with one attached hydrogen (secondary N) is 1. The lowest BCUT2D eigenvalue weighted by molar-refractivity contribution is -0.125. The Balaban J connectivity index is 0.000000285. The van der Waals surface area contributed by atoms with Gasteiger partial charge < -0.3 is 30.5 Å². The molecule has 11 heteroatoms. The Morgan fingerprint density at radius 3 is 2.77 bits per heavy atom. The number of hydrogen-bond acceptors (Lipinski definition) is 10. The van der Waals surface area contributed by atoms with E-state index in [1.807, 2.05) is 49.0 Å². The Morgan fingerprint density at radius 2 is 2.10 bits per heavy atom. The normalized spacial score (nSPS) is 18.2. The molecule has 220 valence electrons. The number of anilines is 1. The van der Waals surface area contributed by atoms with Gasteiger partial charge in [-0.3, -0.25) is 4.79 Å². The highest BCUT2D eigenvalue weighted by Gasteiger charge is 2.20. The van der Waals surface area contributed by atoms with E-state index in [0.29, 0.717) is 11.8 Å². The van der Waals surface area contributed by atoms with Gasteiger partial charge >= 0.3 is 0 Å². The summed E-state index contributed by atoms with van der Waals surface area (Å²) in [6.45, 7) is 12.6. The minimum absolute atomic E-state index is 0.166. The van der Waals surface area contributed by atoms with Gasteiger partial charge in [-0.2, -0.15) is 0 Å². The summed E-state index contributed by atoms with van der Waals surface area (Å²) in [5, 5.41) is 4.08. The van der Waals surface area contributed by atoms with Crippen molar-refractivity contribution in [3.05, 3.63) is 42.4 Å². The van der Waals surface area contributed by atoms with Crippen LogP contribution in [-0.4, -0.2) is 102 Å². The van der Waals surface area contributed by atoms with Crippen molar-refractivity contribution in [2.75, 3.05) is 65.3 Å². The molecule has 4 heterocycles. The molecule has 1 fully saturated rings. The lowest BCUT2D eigenvalue weighted by Crippen LogP contribution is -2.37. The number of hydrogen-bond donors (Lipinski definition) is 2. The van der Waals surface area contributed by atoms with Gasteiger partial charge in [-0.1, -0.05) is 24.3 Å². The van der Waals surface area contributed by atoms with Crippen molar-refractivity contribution in [3.8, 4) is 0 Å². The van der Waals surface area contributed by atoms with Gasteiger partial charge in [-0.15, -0.1) is 0 Å². The predicted octanol–water partition coefficient (Wildman–Crippen LogP) is 3.80. The van der Waals surface area contributed by atoms with E-state index in [4.69, 9.17) is 10.5 Å². The SMILES string of the molecule is CCOC(C)CN(CC)CC1C=C(Nc2nc3cccnc3s2)N=C(N)C1.CN(C)C/C=C/C(=O)N1CCCC1. The van der Waals surface area contributed by atoms with E-state index in [9.17, 15) is 4.79 Å². The first-order valence-electron chi connectivity index (χ1n) is 14.2. The molecule has 0 spiro atoms. The summed E-state index contributed by atoms with van der Waals surface area (Å²) in [5.74, 6) is 1.89. The van der Waals surface area contributed by atoms with E-state index >= 15 is 0 Å². The number of aromatic nitrogens is 2. The third-order valence-corrected chi connectivity index (χ3v) is 7.48. The molecule has 2 aromatic rings. The van der Waals surface area contributed by atoms with Crippen LogP contribution in [0, 0.1) is 5.92 Å². The number of rotatable bonds is 12. The number of amidine groups is 1. The summed E-state index contributed by atoms with van der Waals surface area (Å²) in [5.41, 5.74) is 6.99. The highest BCUT2D eigenvalue weighted by atomic mass is 32.1. The first-order chi connectivity index (χ1) is 19.3. The molecule has 40 heavy (non-hydrogen) atoms. The summed E-state index contributed by atoms with van der Waals surface area (Å²) >= 11 is 1.51. The molecule has 2 aromatic heterocycles. The number of thiazole rings is 1. The first-order valence-corrected chi connectivity index (χ1v) is 15.1. The number of carbonyl (C=O) groups is 1. The largest absolute Gasteiger partial charge is 0.387 e. The zero-order chi connectivity index (χ0) is 28.9.